The van der Waals surface area contributed by atoms with Crippen LogP contribution in [0.1, 0.15) is 22.7 Å². The van der Waals surface area contributed by atoms with Crippen molar-refractivity contribution >= 4 is 0 Å². The highest BCUT2D eigenvalue weighted by Crippen LogP contribution is 2.32. The first-order valence-corrected chi connectivity index (χ1v) is 6.44. The SMILES string of the molecule is CNC(c1cc(C)c(F)cc1F)c1cc(F)ccc1OC. The molecule has 0 heterocycles. The Morgan fingerprint density at radius 3 is 2.33 bits per heavy atom. The maximum absolute atomic E-state index is 14.1. The zero-order valence-electron chi connectivity index (χ0n) is 12.0. The average molecular weight is 295 g/mol. The van der Waals surface area contributed by atoms with Crippen LogP contribution in [0.4, 0.5) is 13.2 Å². The van der Waals surface area contributed by atoms with Gasteiger partial charge in [0.05, 0.1) is 13.2 Å². The number of ether oxygens (including phenoxy) is 1. The molecule has 0 amide bonds. The van der Waals surface area contributed by atoms with Gasteiger partial charge in [-0.2, -0.15) is 0 Å². The van der Waals surface area contributed by atoms with E-state index in [0.29, 0.717) is 16.9 Å². The van der Waals surface area contributed by atoms with Gasteiger partial charge in [0.1, 0.15) is 23.2 Å². The van der Waals surface area contributed by atoms with Crippen molar-refractivity contribution in [1.29, 1.82) is 0 Å². The van der Waals surface area contributed by atoms with Gasteiger partial charge in [-0.25, -0.2) is 13.2 Å². The lowest BCUT2D eigenvalue weighted by Crippen LogP contribution is -2.20. The molecule has 2 aromatic rings. The van der Waals surface area contributed by atoms with Crippen LogP contribution in [0.3, 0.4) is 0 Å². The zero-order valence-corrected chi connectivity index (χ0v) is 12.0. The van der Waals surface area contributed by atoms with Gasteiger partial charge in [-0.05, 0) is 43.8 Å². The molecule has 0 aliphatic heterocycles. The monoisotopic (exact) mass is 295 g/mol. The van der Waals surface area contributed by atoms with E-state index < -0.39 is 23.5 Å². The van der Waals surface area contributed by atoms with E-state index in [1.54, 1.807) is 14.0 Å². The molecule has 0 radical (unpaired) electrons. The van der Waals surface area contributed by atoms with Gasteiger partial charge in [0, 0.05) is 17.2 Å². The van der Waals surface area contributed by atoms with Crippen LogP contribution in [0.2, 0.25) is 0 Å². The standard InChI is InChI=1S/C16H16F3NO/c1-9-6-11(14(19)8-13(9)18)16(20-2)12-7-10(17)4-5-15(12)21-3/h4-8,16,20H,1-3H3. The highest BCUT2D eigenvalue weighted by atomic mass is 19.1. The minimum atomic E-state index is -0.691. The van der Waals surface area contributed by atoms with Gasteiger partial charge >= 0.3 is 0 Å². The smallest absolute Gasteiger partial charge is 0.131 e. The maximum Gasteiger partial charge on any atom is 0.131 e. The van der Waals surface area contributed by atoms with E-state index in [9.17, 15) is 13.2 Å². The molecule has 0 bridgehead atoms. The van der Waals surface area contributed by atoms with Crippen molar-refractivity contribution in [2.75, 3.05) is 14.2 Å². The molecule has 0 saturated heterocycles. The highest BCUT2D eigenvalue weighted by molar-refractivity contribution is 5.43. The van der Waals surface area contributed by atoms with Crippen molar-refractivity contribution in [3.63, 3.8) is 0 Å². The number of halogens is 3. The third-order valence-electron chi connectivity index (χ3n) is 3.38. The number of benzene rings is 2. The van der Waals surface area contributed by atoms with Crippen molar-refractivity contribution < 1.29 is 17.9 Å². The summed E-state index contributed by atoms with van der Waals surface area (Å²) in [6.07, 6.45) is 0. The summed E-state index contributed by atoms with van der Waals surface area (Å²) >= 11 is 0. The Hall–Kier alpha value is -2.01. The lowest BCUT2D eigenvalue weighted by molar-refractivity contribution is 0.403. The van der Waals surface area contributed by atoms with E-state index in [0.717, 1.165) is 6.07 Å². The summed E-state index contributed by atoms with van der Waals surface area (Å²) in [5, 5.41) is 2.91. The number of nitrogens with one attached hydrogen (secondary N) is 1. The summed E-state index contributed by atoms with van der Waals surface area (Å²) in [5.74, 6) is -1.33. The molecule has 5 heteroatoms. The molecule has 2 nitrogen and oxygen atoms in total. The third-order valence-corrected chi connectivity index (χ3v) is 3.38. The molecule has 2 rings (SSSR count). The fraction of sp³-hybridized carbons (Fsp3) is 0.250. The van der Waals surface area contributed by atoms with Crippen molar-refractivity contribution in [3.8, 4) is 5.75 Å². The number of methoxy groups -OCH3 is 1. The van der Waals surface area contributed by atoms with Crippen molar-refractivity contribution in [3.05, 3.63) is 64.5 Å². The first kappa shape index (κ1) is 15.4. The van der Waals surface area contributed by atoms with Crippen LogP contribution in [0.5, 0.6) is 5.75 Å². The summed E-state index contributed by atoms with van der Waals surface area (Å²) in [4.78, 5) is 0. The predicted molar refractivity (Wildman–Crippen MR) is 74.9 cm³/mol. The predicted octanol–water partition coefficient (Wildman–Crippen LogP) is 3.73. The Balaban J connectivity index is 2.59. The lowest BCUT2D eigenvalue weighted by atomic mass is 9.95. The Kier molecular flexibility index (Phi) is 4.53. The van der Waals surface area contributed by atoms with Crippen LogP contribution in [-0.4, -0.2) is 14.2 Å². The van der Waals surface area contributed by atoms with Gasteiger partial charge in [0.25, 0.3) is 0 Å². The summed E-state index contributed by atoms with van der Waals surface area (Å²) in [6, 6.07) is 5.62. The molecule has 0 aliphatic rings. The number of aryl methyl sites for hydroxylation is 1. The third kappa shape index (κ3) is 3.03. The van der Waals surface area contributed by atoms with Gasteiger partial charge in [-0.1, -0.05) is 0 Å². The number of hydrogen-bond donors (Lipinski definition) is 1. The molecule has 1 atom stereocenters. The summed E-state index contributed by atoms with van der Waals surface area (Å²) in [5.41, 5.74) is 1.01. The fourth-order valence-electron chi connectivity index (χ4n) is 2.31. The van der Waals surface area contributed by atoms with E-state index in [1.807, 2.05) is 0 Å². The first-order chi connectivity index (χ1) is 9.97. The van der Waals surface area contributed by atoms with E-state index in [1.165, 1.54) is 31.4 Å². The Bertz CT molecular complexity index is 658. The largest absolute Gasteiger partial charge is 0.496 e. The van der Waals surface area contributed by atoms with E-state index in [-0.39, 0.29) is 5.56 Å². The summed E-state index contributed by atoms with van der Waals surface area (Å²) in [7, 11) is 3.07. The minimum absolute atomic E-state index is 0.236. The van der Waals surface area contributed by atoms with Crippen molar-refractivity contribution in [1.82, 2.24) is 5.32 Å². The summed E-state index contributed by atoms with van der Waals surface area (Å²) in [6.45, 7) is 1.55. The van der Waals surface area contributed by atoms with Gasteiger partial charge in [-0.3, -0.25) is 0 Å². The van der Waals surface area contributed by atoms with E-state index in [2.05, 4.69) is 5.32 Å². The molecule has 0 aliphatic carbocycles. The van der Waals surface area contributed by atoms with Gasteiger partial charge in [0.2, 0.25) is 0 Å². The molecule has 1 unspecified atom stereocenters. The molecule has 21 heavy (non-hydrogen) atoms. The lowest BCUT2D eigenvalue weighted by Gasteiger charge is -2.21. The minimum Gasteiger partial charge on any atom is -0.496 e. The maximum atomic E-state index is 14.1. The molecular weight excluding hydrogens is 279 g/mol. The quantitative estimate of drug-likeness (QED) is 0.928. The van der Waals surface area contributed by atoms with Crippen molar-refractivity contribution in [2.45, 2.75) is 13.0 Å². The molecule has 0 fully saturated rings. The second-order valence-corrected chi connectivity index (χ2v) is 4.73. The van der Waals surface area contributed by atoms with Crippen LogP contribution in [0.25, 0.3) is 0 Å². The molecular formula is C16H16F3NO. The second kappa shape index (κ2) is 6.18. The molecule has 112 valence electrons. The normalized spacial score (nSPS) is 12.3. The average Bonchev–Trinajstić information content (AvgIpc) is 2.45. The summed E-state index contributed by atoms with van der Waals surface area (Å²) < 4.78 is 46.2. The molecule has 0 saturated carbocycles. The Labute approximate surface area is 121 Å². The van der Waals surface area contributed by atoms with Crippen LogP contribution in [-0.2, 0) is 0 Å². The van der Waals surface area contributed by atoms with Crippen LogP contribution < -0.4 is 10.1 Å². The molecule has 0 spiro atoms. The second-order valence-electron chi connectivity index (χ2n) is 4.73. The van der Waals surface area contributed by atoms with E-state index >= 15 is 0 Å². The Morgan fingerprint density at radius 2 is 1.71 bits per heavy atom. The Morgan fingerprint density at radius 1 is 1.00 bits per heavy atom. The zero-order chi connectivity index (χ0) is 15.6. The van der Waals surface area contributed by atoms with Gasteiger partial charge in [0.15, 0.2) is 0 Å². The molecule has 1 N–H and O–H groups in total. The van der Waals surface area contributed by atoms with Crippen molar-refractivity contribution in [2.24, 2.45) is 0 Å². The van der Waals surface area contributed by atoms with Crippen LogP contribution >= 0.6 is 0 Å². The van der Waals surface area contributed by atoms with Gasteiger partial charge in [-0.15, -0.1) is 0 Å². The number of rotatable bonds is 4. The topological polar surface area (TPSA) is 21.3 Å². The molecule has 2 aromatic carbocycles. The molecule has 0 aromatic heterocycles. The van der Waals surface area contributed by atoms with Crippen LogP contribution in [0.15, 0.2) is 30.3 Å². The van der Waals surface area contributed by atoms with E-state index in [4.69, 9.17) is 4.74 Å². The van der Waals surface area contributed by atoms with Crippen LogP contribution in [0, 0.1) is 24.4 Å². The first-order valence-electron chi connectivity index (χ1n) is 6.44. The van der Waals surface area contributed by atoms with Gasteiger partial charge < -0.3 is 10.1 Å². The highest BCUT2D eigenvalue weighted by Gasteiger charge is 2.21. The number of hydrogen-bond acceptors (Lipinski definition) is 2. The fourth-order valence-corrected chi connectivity index (χ4v) is 2.31.